The van der Waals surface area contributed by atoms with E-state index in [1.165, 1.54) is 23.5 Å². The molecule has 0 aliphatic heterocycles. The van der Waals surface area contributed by atoms with E-state index in [-0.39, 0.29) is 29.2 Å². The third-order valence-corrected chi connectivity index (χ3v) is 5.52. The normalized spacial score (nSPS) is 12.2. The Balaban J connectivity index is 1.86. The number of hydrogen-bond donors (Lipinski definition) is 2. The maximum atomic E-state index is 12.8. The summed E-state index contributed by atoms with van der Waals surface area (Å²) in [6, 6.07) is 4.47. The molecule has 2 rings (SSSR count). The molecular weight excluding hydrogens is 365 g/mol. The Kier molecular flexibility index (Phi) is 5.91. The van der Waals surface area contributed by atoms with Crippen LogP contribution < -0.4 is 10.0 Å². The van der Waals surface area contributed by atoms with Crippen molar-refractivity contribution in [3.8, 4) is 0 Å². The van der Waals surface area contributed by atoms with Gasteiger partial charge in [-0.15, -0.1) is 11.3 Å². The Hall–Kier alpha value is -1.84. The molecule has 1 aromatic heterocycles. The van der Waals surface area contributed by atoms with Gasteiger partial charge in [0.2, 0.25) is 15.9 Å². The molecule has 136 valence electrons. The van der Waals surface area contributed by atoms with E-state index in [1.807, 2.05) is 26.2 Å². The summed E-state index contributed by atoms with van der Waals surface area (Å²) < 4.78 is 39.2. The van der Waals surface area contributed by atoms with Gasteiger partial charge in [0, 0.05) is 23.8 Å². The molecule has 0 aliphatic rings. The molecule has 2 N–H and O–H groups in total. The fraction of sp³-hybridized carbons (Fsp3) is 0.375. The van der Waals surface area contributed by atoms with Crippen LogP contribution in [-0.2, 0) is 20.2 Å². The molecule has 0 saturated heterocycles. The van der Waals surface area contributed by atoms with Crippen molar-refractivity contribution in [3.63, 3.8) is 0 Å². The zero-order valence-electron chi connectivity index (χ0n) is 14.2. The van der Waals surface area contributed by atoms with Crippen LogP contribution in [-0.4, -0.2) is 25.9 Å². The summed E-state index contributed by atoms with van der Waals surface area (Å²) >= 11 is 1.32. The summed E-state index contributed by atoms with van der Waals surface area (Å²) in [4.78, 5) is 16.2. The zero-order chi connectivity index (χ0) is 18.7. The predicted molar refractivity (Wildman–Crippen MR) is 95.6 cm³/mol. The second-order valence-corrected chi connectivity index (χ2v) is 9.06. The number of carbonyl (C=O) groups excluding carboxylic acids is 1. The number of aromatic nitrogens is 1. The smallest absolute Gasteiger partial charge is 0.240 e. The first-order valence-corrected chi connectivity index (χ1v) is 9.95. The van der Waals surface area contributed by atoms with Crippen molar-refractivity contribution in [3.05, 3.63) is 41.2 Å². The summed E-state index contributed by atoms with van der Waals surface area (Å²) in [5.74, 6) is -0.854. The van der Waals surface area contributed by atoms with Gasteiger partial charge in [-0.2, -0.15) is 0 Å². The molecule has 1 heterocycles. The maximum absolute atomic E-state index is 12.8. The second-order valence-electron chi connectivity index (χ2n) is 6.44. The highest BCUT2D eigenvalue weighted by atomic mass is 32.2. The summed E-state index contributed by atoms with van der Waals surface area (Å²) in [6.45, 7) is 6.01. The van der Waals surface area contributed by atoms with E-state index in [2.05, 4.69) is 15.0 Å². The van der Waals surface area contributed by atoms with Gasteiger partial charge in [-0.1, -0.05) is 20.8 Å². The summed E-state index contributed by atoms with van der Waals surface area (Å²) in [7, 11) is -3.77. The monoisotopic (exact) mass is 385 g/mol. The van der Waals surface area contributed by atoms with Gasteiger partial charge in [-0.3, -0.25) is 4.79 Å². The summed E-state index contributed by atoms with van der Waals surface area (Å²) in [5.41, 5.74) is 0.773. The topological polar surface area (TPSA) is 88.2 Å². The molecule has 0 aliphatic carbocycles. The van der Waals surface area contributed by atoms with Crippen LogP contribution in [0.1, 0.15) is 32.9 Å². The number of nitrogens with zero attached hydrogens (tertiary/aromatic N) is 1. The Labute approximate surface area is 150 Å². The number of thiazole rings is 1. The quantitative estimate of drug-likeness (QED) is 0.800. The largest absolute Gasteiger partial charge is 0.302 e. The van der Waals surface area contributed by atoms with Crippen molar-refractivity contribution < 1.29 is 17.6 Å². The molecule has 2 aromatic rings. The lowest BCUT2D eigenvalue weighted by molar-refractivity contribution is -0.116. The van der Waals surface area contributed by atoms with Crippen LogP contribution in [0, 0.1) is 5.82 Å². The van der Waals surface area contributed by atoms with Gasteiger partial charge in [-0.25, -0.2) is 22.5 Å². The van der Waals surface area contributed by atoms with Gasteiger partial charge in [0.1, 0.15) is 5.82 Å². The first-order valence-electron chi connectivity index (χ1n) is 7.59. The minimum Gasteiger partial charge on any atom is -0.302 e. The molecule has 0 unspecified atom stereocenters. The lowest BCUT2D eigenvalue weighted by atomic mass is 9.93. The van der Waals surface area contributed by atoms with Crippen LogP contribution in [0.5, 0.6) is 0 Å². The standard InChI is InChI=1S/C16H20FN3O3S2/c1-16(2,3)13-10-24-15(19-13)20-14(21)8-9-18-25(22,23)12-6-4-11(17)5-7-12/h4-7,10,18H,8-9H2,1-3H3,(H,19,20,21). The average Bonchev–Trinajstić information content (AvgIpc) is 2.96. The van der Waals surface area contributed by atoms with Gasteiger partial charge < -0.3 is 5.32 Å². The number of sulfonamides is 1. The molecule has 0 saturated carbocycles. The number of nitrogens with one attached hydrogen (secondary N) is 2. The number of rotatable bonds is 6. The Morgan fingerprint density at radius 1 is 1.24 bits per heavy atom. The first kappa shape index (κ1) is 19.5. The van der Waals surface area contributed by atoms with E-state index >= 15 is 0 Å². The minimum atomic E-state index is -3.77. The van der Waals surface area contributed by atoms with Crippen molar-refractivity contribution in [2.24, 2.45) is 0 Å². The third kappa shape index (κ3) is 5.58. The number of carbonyl (C=O) groups is 1. The van der Waals surface area contributed by atoms with E-state index in [4.69, 9.17) is 0 Å². The van der Waals surface area contributed by atoms with Gasteiger partial charge in [-0.05, 0) is 24.3 Å². The predicted octanol–water partition coefficient (Wildman–Crippen LogP) is 2.89. The Bertz CT molecular complexity index is 840. The molecule has 1 amide bonds. The van der Waals surface area contributed by atoms with Gasteiger partial charge in [0.25, 0.3) is 0 Å². The fourth-order valence-corrected chi connectivity index (χ4v) is 3.84. The van der Waals surface area contributed by atoms with Gasteiger partial charge in [0.05, 0.1) is 10.6 Å². The van der Waals surface area contributed by atoms with E-state index in [1.54, 1.807) is 0 Å². The Morgan fingerprint density at radius 3 is 2.44 bits per heavy atom. The van der Waals surface area contributed by atoms with Crippen LogP contribution in [0.2, 0.25) is 0 Å². The van der Waals surface area contributed by atoms with Crippen LogP contribution in [0.25, 0.3) is 0 Å². The van der Waals surface area contributed by atoms with Crippen molar-refractivity contribution in [1.29, 1.82) is 0 Å². The molecule has 25 heavy (non-hydrogen) atoms. The maximum Gasteiger partial charge on any atom is 0.240 e. The molecule has 0 radical (unpaired) electrons. The van der Waals surface area contributed by atoms with Crippen LogP contribution in [0.3, 0.4) is 0 Å². The molecule has 0 spiro atoms. The van der Waals surface area contributed by atoms with Crippen molar-refractivity contribution in [2.75, 3.05) is 11.9 Å². The lowest BCUT2D eigenvalue weighted by Crippen LogP contribution is -2.27. The fourth-order valence-electron chi connectivity index (χ4n) is 1.85. The number of benzene rings is 1. The molecule has 1 aromatic carbocycles. The Morgan fingerprint density at radius 2 is 1.88 bits per heavy atom. The van der Waals surface area contributed by atoms with E-state index in [0.29, 0.717) is 5.13 Å². The van der Waals surface area contributed by atoms with Crippen LogP contribution in [0.4, 0.5) is 9.52 Å². The summed E-state index contributed by atoms with van der Waals surface area (Å²) in [6.07, 6.45) is -0.0368. The molecule has 0 fully saturated rings. The minimum absolute atomic E-state index is 0.0368. The van der Waals surface area contributed by atoms with Gasteiger partial charge in [0.15, 0.2) is 5.13 Å². The van der Waals surface area contributed by atoms with E-state index in [0.717, 1.165) is 17.8 Å². The average molecular weight is 385 g/mol. The zero-order valence-corrected chi connectivity index (χ0v) is 15.8. The SMILES string of the molecule is CC(C)(C)c1csc(NC(=O)CCNS(=O)(=O)c2ccc(F)cc2)n1. The molecule has 0 atom stereocenters. The molecule has 6 nitrogen and oxygen atoms in total. The number of halogens is 1. The lowest BCUT2D eigenvalue weighted by Gasteiger charge is -2.14. The number of hydrogen-bond acceptors (Lipinski definition) is 5. The number of anilines is 1. The van der Waals surface area contributed by atoms with Crippen molar-refractivity contribution in [2.45, 2.75) is 37.5 Å². The van der Waals surface area contributed by atoms with Crippen LogP contribution >= 0.6 is 11.3 Å². The second kappa shape index (κ2) is 7.59. The number of amides is 1. The van der Waals surface area contributed by atoms with Crippen molar-refractivity contribution >= 4 is 32.4 Å². The van der Waals surface area contributed by atoms with Gasteiger partial charge >= 0.3 is 0 Å². The van der Waals surface area contributed by atoms with E-state index < -0.39 is 15.8 Å². The van der Waals surface area contributed by atoms with Crippen molar-refractivity contribution in [1.82, 2.24) is 9.71 Å². The van der Waals surface area contributed by atoms with Crippen LogP contribution in [0.15, 0.2) is 34.5 Å². The molecule has 0 bridgehead atoms. The molecular formula is C16H20FN3O3S2. The summed E-state index contributed by atoms with van der Waals surface area (Å²) in [5, 5.41) is 5.02. The molecule has 9 heteroatoms. The highest BCUT2D eigenvalue weighted by Gasteiger charge is 2.18. The highest BCUT2D eigenvalue weighted by molar-refractivity contribution is 7.89. The highest BCUT2D eigenvalue weighted by Crippen LogP contribution is 2.26. The first-order chi connectivity index (χ1) is 11.6. The third-order valence-electron chi connectivity index (χ3n) is 3.29. The van der Waals surface area contributed by atoms with E-state index in [9.17, 15) is 17.6 Å².